The van der Waals surface area contributed by atoms with Gasteiger partial charge in [0.25, 0.3) is 11.8 Å². The molecule has 0 aliphatic carbocycles. The van der Waals surface area contributed by atoms with Gasteiger partial charge in [0.15, 0.2) is 11.5 Å². The number of anilines is 1. The van der Waals surface area contributed by atoms with E-state index < -0.39 is 17.8 Å². The number of carbonyl (C=O) groups excluding carboxylic acids is 3. The highest BCUT2D eigenvalue weighted by Gasteiger charge is 2.16. The average Bonchev–Trinajstić information content (AvgIpc) is 3.02. The molecule has 218 valence electrons. The summed E-state index contributed by atoms with van der Waals surface area (Å²) >= 11 is 6.10. The Morgan fingerprint density at radius 3 is 2.19 bits per heavy atom. The number of ether oxygens (including phenoxy) is 2. The molecule has 9 nitrogen and oxygen atoms in total. The zero-order valence-electron chi connectivity index (χ0n) is 23.7. The van der Waals surface area contributed by atoms with Crippen molar-refractivity contribution in [2.45, 2.75) is 0 Å². The Kier molecular flexibility index (Phi) is 10.3. The minimum atomic E-state index is -0.634. The molecule has 0 aromatic heterocycles. The largest absolute Gasteiger partial charge is 0.493 e. The van der Waals surface area contributed by atoms with Crippen molar-refractivity contribution in [2.75, 3.05) is 26.1 Å². The van der Waals surface area contributed by atoms with Gasteiger partial charge in [-0.3, -0.25) is 9.59 Å². The second-order valence-corrected chi connectivity index (χ2v) is 9.75. The number of halogens is 1. The number of esters is 1. The van der Waals surface area contributed by atoms with Gasteiger partial charge in [0.1, 0.15) is 5.70 Å². The van der Waals surface area contributed by atoms with Crippen LogP contribution in [-0.2, 0) is 4.79 Å². The molecule has 0 fully saturated rings. The third kappa shape index (κ3) is 8.31. The van der Waals surface area contributed by atoms with Crippen LogP contribution in [0.4, 0.5) is 5.69 Å². The quantitative estimate of drug-likeness (QED) is 0.0816. The van der Waals surface area contributed by atoms with E-state index in [0.717, 1.165) is 5.69 Å². The molecule has 10 heteroatoms. The van der Waals surface area contributed by atoms with Crippen LogP contribution in [0.2, 0.25) is 5.02 Å². The summed E-state index contributed by atoms with van der Waals surface area (Å²) in [4.78, 5) is 40.5. The molecule has 0 aliphatic heterocycles. The van der Waals surface area contributed by atoms with E-state index in [9.17, 15) is 14.4 Å². The van der Waals surface area contributed by atoms with Crippen LogP contribution >= 0.6 is 11.6 Å². The molecule has 0 aliphatic rings. The lowest BCUT2D eigenvalue weighted by Crippen LogP contribution is -2.32. The van der Waals surface area contributed by atoms with Crippen LogP contribution in [0.25, 0.3) is 6.08 Å². The fraction of sp³-hybridized carbons (Fsp3) is 0.0909. The maximum atomic E-state index is 13.1. The SMILES string of the molecule is COc1cc(/C=N/NC(=O)/C(=C\c2ccc(N(C)C)cc2)NC(=O)c2ccccc2)ccc1OC(=O)c1ccccc1Cl. The van der Waals surface area contributed by atoms with Gasteiger partial charge in [-0.15, -0.1) is 0 Å². The molecule has 4 aromatic carbocycles. The number of nitrogens with one attached hydrogen (secondary N) is 2. The number of methoxy groups -OCH3 is 1. The summed E-state index contributed by atoms with van der Waals surface area (Å²) in [5.74, 6) is -1.25. The van der Waals surface area contributed by atoms with Crippen molar-refractivity contribution in [3.05, 3.63) is 130 Å². The van der Waals surface area contributed by atoms with E-state index in [1.165, 1.54) is 13.3 Å². The summed E-state index contributed by atoms with van der Waals surface area (Å²) in [5.41, 5.74) is 5.31. The number of carbonyl (C=O) groups is 3. The maximum absolute atomic E-state index is 13.1. The first-order chi connectivity index (χ1) is 20.7. The molecular formula is C33H29ClN4O5. The zero-order valence-corrected chi connectivity index (χ0v) is 24.5. The van der Waals surface area contributed by atoms with Crippen molar-refractivity contribution in [2.24, 2.45) is 5.10 Å². The third-order valence-corrected chi connectivity index (χ3v) is 6.44. The van der Waals surface area contributed by atoms with Crippen molar-refractivity contribution in [3.63, 3.8) is 0 Å². The van der Waals surface area contributed by atoms with E-state index in [-0.39, 0.29) is 27.8 Å². The minimum absolute atomic E-state index is 0.00280. The molecule has 0 spiro atoms. The molecule has 0 saturated carbocycles. The van der Waals surface area contributed by atoms with Gasteiger partial charge in [-0.1, -0.05) is 54.1 Å². The Bertz CT molecular complexity index is 1670. The maximum Gasteiger partial charge on any atom is 0.345 e. The third-order valence-electron chi connectivity index (χ3n) is 6.11. The summed E-state index contributed by atoms with van der Waals surface area (Å²) in [5, 5.41) is 6.99. The Morgan fingerprint density at radius 1 is 0.837 bits per heavy atom. The Balaban J connectivity index is 1.49. The van der Waals surface area contributed by atoms with E-state index in [2.05, 4.69) is 15.8 Å². The number of hydrogen-bond acceptors (Lipinski definition) is 7. The highest BCUT2D eigenvalue weighted by Crippen LogP contribution is 2.29. The Labute approximate surface area is 254 Å². The average molecular weight is 597 g/mol. The molecule has 0 atom stereocenters. The second kappa shape index (κ2) is 14.5. The minimum Gasteiger partial charge on any atom is -0.493 e. The van der Waals surface area contributed by atoms with Gasteiger partial charge in [-0.2, -0.15) is 5.10 Å². The first-order valence-electron chi connectivity index (χ1n) is 13.1. The molecule has 2 amide bonds. The normalized spacial score (nSPS) is 11.1. The van der Waals surface area contributed by atoms with E-state index in [1.807, 2.05) is 43.3 Å². The zero-order chi connectivity index (χ0) is 30.8. The lowest BCUT2D eigenvalue weighted by Gasteiger charge is -2.13. The van der Waals surface area contributed by atoms with Crippen LogP contribution in [-0.4, -0.2) is 45.2 Å². The molecule has 0 unspecified atom stereocenters. The van der Waals surface area contributed by atoms with Crippen molar-refractivity contribution in [3.8, 4) is 11.5 Å². The van der Waals surface area contributed by atoms with Crippen LogP contribution in [0.15, 0.2) is 108 Å². The smallest absolute Gasteiger partial charge is 0.345 e. The number of benzene rings is 4. The topological polar surface area (TPSA) is 109 Å². The molecular weight excluding hydrogens is 568 g/mol. The molecule has 0 bridgehead atoms. The predicted molar refractivity (Wildman–Crippen MR) is 168 cm³/mol. The summed E-state index contributed by atoms with van der Waals surface area (Å²) in [7, 11) is 5.29. The van der Waals surface area contributed by atoms with Crippen molar-refractivity contribution in [1.29, 1.82) is 0 Å². The Hall–Kier alpha value is -5.41. The molecule has 0 radical (unpaired) electrons. The fourth-order valence-electron chi connectivity index (χ4n) is 3.83. The summed E-state index contributed by atoms with van der Waals surface area (Å²) in [6.07, 6.45) is 2.96. The van der Waals surface area contributed by atoms with E-state index in [0.29, 0.717) is 16.7 Å². The predicted octanol–water partition coefficient (Wildman–Crippen LogP) is 5.56. The molecule has 4 rings (SSSR count). The summed E-state index contributed by atoms with van der Waals surface area (Å²) in [6.45, 7) is 0. The van der Waals surface area contributed by atoms with Gasteiger partial charge in [0.05, 0.1) is 23.9 Å². The van der Waals surface area contributed by atoms with Gasteiger partial charge < -0.3 is 19.7 Å². The van der Waals surface area contributed by atoms with Crippen LogP contribution in [0.1, 0.15) is 31.8 Å². The standard InChI is InChI=1S/C33H29ClN4O5/c1-38(2)25-16-13-22(14-17-25)19-28(36-31(39)24-9-5-4-6-10-24)32(40)37-35-21-23-15-18-29(30(20-23)42-3)43-33(41)26-11-7-8-12-27(26)34/h4-21H,1-3H3,(H,36,39)(H,37,40)/b28-19+,35-21+. The van der Waals surface area contributed by atoms with Gasteiger partial charge >= 0.3 is 5.97 Å². The van der Waals surface area contributed by atoms with Crippen molar-refractivity contribution >= 4 is 47.4 Å². The van der Waals surface area contributed by atoms with Gasteiger partial charge in [0, 0.05) is 25.3 Å². The molecule has 0 saturated heterocycles. The Morgan fingerprint density at radius 2 is 1.51 bits per heavy atom. The van der Waals surface area contributed by atoms with Crippen molar-refractivity contribution < 1.29 is 23.9 Å². The molecule has 43 heavy (non-hydrogen) atoms. The fourth-order valence-corrected chi connectivity index (χ4v) is 4.05. The summed E-state index contributed by atoms with van der Waals surface area (Å²) in [6, 6.07) is 27.4. The van der Waals surface area contributed by atoms with Crippen LogP contribution < -0.4 is 25.1 Å². The first-order valence-corrected chi connectivity index (χ1v) is 13.5. The van der Waals surface area contributed by atoms with Crippen LogP contribution in [0.3, 0.4) is 0 Å². The number of hydrogen-bond donors (Lipinski definition) is 2. The number of rotatable bonds is 10. The van der Waals surface area contributed by atoms with E-state index in [1.54, 1.807) is 78.9 Å². The molecule has 2 N–H and O–H groups in total. The number of hydrazone groups is 1. The first kappa shape index (κ1) is 30.5. The summed E-state index contributed by atoms with van der Waals surface area (Å²) < 4.78 is 10.8. The molecule has 4 aromatic rings. The van der Waals surface area contributed by atoms with Gasteiger partial charge in [-0.25, -0.2) is 10.2 Å². The van der Waals surface area contributed by atoms with Gasteiger partial charge in [0.2, 0.25) is 0 Å². The molecule has 0 heterocycles. The van der Waals surface area contributed by atoms with E-state index >= 15 is 0 Å². The van der Waals surface area contributed by atoms with Crippen molar-refractivity contribution in [1.82, 2.24) is 10.7 Å². The van der Waals surface area contributed by atoms with Crippen LogP contribution in [0.5, 0.6) is 11.5 Å². The lowest BCUT2D eigenvalue weighted by molar-refractivity contribution is -0.117. The number of nitrogens with zero attached hydrogens (tertiary/aromatic N) is 2. The van der Waals surface area contributed by atoms with Gasteiger partial charge in [-0.05, 0) is 71.8 Å². The van der Waals surface area contributed by atoms with Crippen LogP contribution in [0, 0.1) is 0 Å². The lowest BCUT2D eigenvalue weighted by atomic mass is 10.1. The highest BCUT2D eigenvalue weighted by molar-refractivity contribution is 6.33. The second-order valence-electron chi connectivity index (χ2n) is 9.34. The number of amides is 2. The highest BCUT2D eigenvalue weighted by atomic mass is 35.5. The van der Waals surface area contributed by atoms with E-state index in [4.69, 9.17) is 21.1 Å². The monoisotopic (exact) mass is 596 g/mol.